The lowest BCUT2D eigenvalue weighted by molar-refractivity contribution is -0.131. The Morgan fingerprint density at radius 3 is 2.31 bits per heavy atom. The predicted molar refractivity (Wildman–Crippen MR) is 120 cm³/mol. The van der Waals surface area contributed by atoms with E-state index in [1.807, 2.05) is 6.07 Å². The zero-order valence-electron chi connectivity index (χ0n) is 17.4. The van der Waals surface area contributed by atoms with E-state index in [9.17, 15) is 4.79 Å². The minimum absolute atomic E-state index is 0.299. The number of hydrogen-bond acceptors (Lipinski definition) is 1. The van der Waals surface area contributed by atoms with Gasteiger partial charge in [0.15, 0.2) is 0 Å². The average Bonchev–Trinajstić information content (AvgIpc) is 3.10. The van der Waals surface area contributed by atoms with E-state index in [-0.39, 0.29) is 0 Å². The molecule has 0 aliphatic carbocycles. The summed E-state index contributed by atoms with van der Waals surface area (Å²) in [5.74, 6) is 0.299. The maximum Gasteiger partial charge on any atom is 0.222 e. The molecule has 0 atom stereocenters. The SMILES string of the molecule is O=C1CCCCCCCCn2cc(c3ccccc32)CCN1Cc1ccccc1. The van der Waals surface area contributed by atoms with Crippen molar-refractivity contribution in [3.8, 4) is 0 Å². The van der Waals surface area contributed by atoms with Crippen molar-refractivity contribution in [2.24, 2.45) is 0 Å². The summed E-state index contributed by atoms with van der Waals surface area (Å²) in [4.78, 5) is 15.1. The van der Waals surface area contributed by atoms with Gasteiger partial charge in [-0.25, -0.2) is 0 Å². The van der Waals surface area contributed by atoms with Gasteiger partial charge in [0.25, 0.3) is 0 Å². The van der Waals surface area contributed by atoms with Crippen molar-refractivity contribution in [1.82, 2.24) is 9.47 Å². The molecular formula is C26H32N2O. The quantitative estimate of drug-likeness (QED) is 0.532. The topological polar surface area (TPSA) is 25.2 Å². The molecule has 1 amide bonds. The van der Waals surface area contributed by atoms with Gasteiger partial charge in [-0.2, -0.15) is 0 Å². The van der Waals surface area contributed by atoms with Crippen molar-refractivity contribution in [1.29, 1.82) is 0 Å². The second-order valence-electron chi connectivity index (χ2n) is 8.29. The number of hydrogen-bond donors (Lipinski definition) is 0. The molecule has 0 unspecified atom stereocenters. The Labute approximate surface area is 174 Å². The number of carbonyl (C=O) groups is 1. The van der Waals surface area contributed by atoms with E-state index in [0.29, 0.717) is 18.9 Å². The Hall–Kier alpha value is -2.55. The standard InChI is InChI=1S/C26H32N2O/c29-26-16-8-3-1-2-4-11-18-27-21-23(24-14-9-10-15-25(24)27)17-19-28(26)20-22-12-6-5-7-13-22/h5-7,9-10,12-15,21H,1-4,8,11,16-20H2. The van der Waals surface area contributed by atoms with Crippen molar-refractivity contribution in [3.05, 3.63) is 71.9 Å². The van der Waals surface area contributed by atoms with E-state index < -0.39 is 0 Å². The van der Waals surface area contributed by atoms with E-state index >= 15 is 0 Å². The van der Waals surface area contributed by atoms with Gasteiger partial charge in [0.2, 0.25) is 5.91 Å². The molecule has 2 heterocycles. The molecule has 0 N–H and O–H groups in total. The summed E-state index contributed by atoms with van der Waals surface area (Å²) in [5.41, 5.74) is 3.90. The third-order valence-electron chi connectivity index (χ3n) is 6.13. The normalized spacial score (nSPS) is 17.1. The van der Waals surface area contributed by atoms with Gasteiger partial charge in [-0.1, -0.05) is 74.2 Å². The lowest BCUT2D eigenvalue weighted by atomic mass is 10.1. The fraction of sp³-hybridized carbons (Fsp3) is 0.423. The van der Waals surface area contributed by atoms with Crippen molar-refractivity contribution in [3.63, 3.8) is 0 Å². The molecule has 0 radical (unpaired) electrons. The van der Waals surface area contributed by atoms with Crippen LogP contribution in [-0.4, -0.2) is 21.9 Å². The molecule has 0 saturated heterocycles. The molecule has 0 spiro atoms. The summed E-state index contributed by atoms with van der Waals surface area (Å²) in [5, 5.41) is 1.34. The van der Waals surface area contributed by atoms with Crippen LogP contribution in [0.5, 0.6) is 0 Å². The number of fused-ring (bicyclic) bond motifs is 5. The zero-order chi connectivity index (χ0) is 19.9. The molecule has 1 aliphatic rings. The van der Waals surface area contributed by atoms with Crippen molar-refractivity contribution in [2.75, 3.05) is 6.54 Å². The lowest BCUT2D eigenvalue weighted by Crippen LogP contribution is -2.32. The fourth-order valence-corrected chi connectivity index (χ4v) is 4.48. The summed E-state index contributed by atoms with van der Waals surface area (Å²) in [7, 11) is 0. The second kappa shape index (κ2) is 9.78. The number of benzene rings is 2. The van der Waals surface area contributed by atoms with Gasteiger partial charge in [-0.05, 0) is 36.5 Å². The minimum atomic E-state index is 0.299. The second-order valence-corrected chi connectivity index (χ2v) is 8.29. The maximum atomic E-state index is 13.0. The Morgan fingerprint density at radius 2 is 1.45 bits per heavy atom. The van der Waals surface area contributed by atoms with Crippen molar-refractivity contribution < 1.29 is 4.79 Å². The molecule has 4 rings (SSSR count). The molecule has 3 nitrogen and oxygen atoms in total. The molecule has 2 aromatic carbocycles. The maximum absolute atomic E-state index is 13.0. The van der Waals surface area contributed by atoms with Crippen molar-refractivity contribution in [2.45, 2.75) is 64.5 Å². The van der Waals surface area contributed by atoms with Crippen LogP contribution in [0.15, 0.2) is 60.8 Å². The van der Waals surface area contributed by atoms with E-state index in [2.05, 4.69) is 64.2 Å². The molecule has 152 valence electrons. The van der Waals surface area contributed by atoms with E-state index in [0.717, 1.165) is 25.9 Å². The smallest absolute Gasteiger partial charge is 0.222 e. The monoisotopic (exact) mass is 388 g/mol. The van der Waals surface area contributed by atoms with Gasteiger partial charge >= 0.3 is 0 Å². The van der Waals surface area contributed by atoms with Crippen LogP contribution in [0.3, 0.4) is 0 Å². The fourth-order valence-electron chi connectivity index (χ4n) is 4.48. The summed E-state index contributed by atoms with van der Waals surface area (Å²) in [6.07, 6.45) is 11.1. The summed E-state index contributed by atoms with van der Waals surface area (Å²) in [6.45, 7) is 2.58. The molecule has 1 aromatic heterocycles. The Balaban J connectivity index is 1.58. The number of aromatic nitrogens is 1. The predicted octanol–water partition coefficient (Wildman–Crippen LogP) is 5.96. The van der Waals surface area contributed by atoms with Crippen LogP contribution in [0.2, 0.25) is 0 Å². The van der Waals surface area contributed by atoms with Gasteiger partial charge in [0, 0.05) is 43.2 Å². The van der Waals surface area contributed by atoms with Crippen LogP contribution in [0.1, 0.15) is 56.1 Å². The molecule has 29 heavy (non-hydrogen) atoms. The molecule has 3 aromatic rings. The third kappa shape index (κ3) is 5.09. The van der Waals surface area contributed by atoms with Gasteiger partial charge < -0.3 is 9.47 Å². The summed E-state index contributed by atoms with van der Waals surface area (Å²) < 4.78 is 2.42. The summed E-state index contributed by atoms with van der Waals surface area (Å²) in [6, 6.07) is 19.1. The van der Waals surface area contributed by atoms with Crippen molar-refractivity contribution >= 4 is 16.8 Å². The Kier molecular flexibility index (Phi) is 6.66. The average molecular weight is 389 g/mol. The first-order valence-electron chi connectivity index (χ1n) is 11.2. The third-order valence-corrected chi connectivity index (χ3v) is 6.13. The molecule has 0 saturated carbocycles. The largest absolute Gasteiger partial charge is 0.347 e. The zero-order valence-corrected chi connectivity index (χ0v) is 17.4. The van der Waals surface area contributed by atoms with Crippen LogP contribution in [-0.2, 0) is 24.3 Å². The number of nitrogens with zero attached hydrogens (tertiary/aromatic N) is 2. The molecule has 2 bridgehead atoms. The van der Waals surface area contributed by atoms with Gasteiger partial charge in [-0.15, -0.1) is 0 Å². The molecule has 0 fully saturated rings. The van der Waals surface area contributed by atoms with E-state index in [1.165, 1.54) is 54.1 Å². The first kappa shape index (κ1) is 19.8. The number of carbonyl (C=O) groups excluding carboxylic acids is 1. The van der Waals surface area contributed by atoms with E-state index in [1.54, 1.807) is 0 Å². The Morgan fingerprint density at radius 1 is 0.724 bits per heavy atom. The van der Waals surface area contributed by atoms with Crippen LogP contribution >= 0.6 is 0 Å². The minimum Gasteiger partial charge on any atom is -0.347 e. The first-order valence-corrected chi connectivity index (χ1v) is 11.2. The van der Waals surface area contributed by atoms with E-state index in [4.69, 9.17) is 0 Å². The highest BCUT2D eigenvalue weighted by Gasteiger charge is 2.16. The highest BCUT2D eigenvalue weighted by Crippen LogP contribution is 2.24. The molecule has 3 heteroatoms. The molecular weight excluding hydrogens is 356 g/mol. The van der Waals surface area contributed by atoms with Gasteiger partial charge in [0.1, 0.15) is 0 Å². The van der Waals surface area contributed by atoms with Crippen LogP contribution in [0, 0.1) is 0 Å². The molecule has 1 aliphatic heterocycles. The number of aryl methyl sites for hydroxylation is 1. The van der Waals surface area contributed by atoms with Gasteiger partial charge in [0.05, 0.1) is 0 Å². The van der Waals surface area contributed by atoms with Crippen LogP contribution < -0.4 is 0 Å². The number of rotatable bonds is 2. The van der Waals surface area contributed by atoms with Crippen LogP contribution in [0.4, 0.5) is 0 Å². The number of amides is 1. The highest BCUT2D eigenvalue weighted by atomic mass is 16.2. The lowest BCUT2D eigenvalue weighted by Gasteiger charge is -2.23. The summed E-state index contributed by atoms with van der Waals surface area (Å²) >= 11 is 0. The number of para-hydroxylation sites is 1. The first-order chi connectivity index (χ1) is 14.3. The van der Waals surface area contributed by atoms with Crippen LogP contribution in [0.25, 0.3) is 10.9 Å². The highest BCUT2D eigenvalue weighted by molar-refractivity contribution is 5.84. The Bertz CT molecular complexity index is 928. The van der Waals surface area contributed by atoms with Gasteiger partial charge in [-0.3, -0.25) is 4.79 Å².